The number of benzene rings is 1. The second kappa shape index (κ2) is 14.4. The summed E-state index contributed by atoms with van der Waals surface area (Å²) >= 11 is 0. The van der Waals surface area contributed by atoms with E-state index in [1.54, 1.807) is 21.3 Å². The van der Waals surface area contributed by atoms with Gasteiger partial charge in [0.1, 0.15) is 5.82 Å². The molecule has 11 nitrogen and oxygen atoms in total. The third-order valence-corrected chi connectivity index (χ3v) is 9.10. The van der Waals surface area contributed by atoms with Gasteiger partial charge in [0.05, 0.1) is 26.8 Å². The van der Waals surface area contributed by atoms with Crippen LogP contribution in [0.25, 0.3) is 10.9 Å². The molecule has 3 aliphatic rings. The lowest BCUT2D eigenvalue weighted by molar-refractivity contribution is -0.139. The summed E-state index contributed by atoms with van der Waals surface area (Å²) in [5, 5.41) is 4.03. The van der Waals surface area contributed by atoms with Gasteiger partial charge >= 0.3 is 0 Å². The predicted octanol–water partition coefficient (Wildman–Crippen LogP) is 3.07. The molecule has 2 saturated heterocycles. The molecule has 2 aromatic rings. The predicted molar refractivity (Wildman–Crippen MR) is 165 cm³/mol. The number of pyridine rings is 1. The van der Waals surface area contributed by atoms with Crippen molar-refractivity contribution in [1.29, 1.82) is 0 Å². The highest BCUT2D eigenvalue weighted by Crippen LogP contribution is 2.44. The second-order valence-electron chi connectivity index (χ2n) is 11.8. The topological polar surface area (TPSA) is 106 Å². The second-order valence-corrected chi connectivity index (χ2v) is 11.8. The zero-order valence-corrected chi connectivity index (χ0v) is 26.2. The van der Waals surface area contributed by atoms with Crippen LogP contribution in [0.2, 0.25) is 0 Å². The van der Waals surface area contributed by atoms with E-state index in [0.29, 0.717) is 75.5 Å². The van der Waals surface area contributed by atoms with Crippen molar-refractivity contribution >= 4 is 28.5 Å². The van der Waals surface area contributed by atoms with Crippen molar-refractivity contribution in [3.63, 3.8) is 0 Å². The molecule has 2 fully saturated rings. The molecular weight excluding hydrogens is 550 g/mol. The normalized spacial score (nSPS) is 21.4. The van der Waals surface area contributed by atoms with Crippen LogP contribution in [0, 0.1) is 11.8 Å². The van der Waals surface area contributed by atoms with E-state index >= 15 is 0 Å². The molecule has 5 rings (SSSR count). The van der Waals surface area contributed by atoms with E-state index in [-0.39, 0.29) is 17.7 Å². The van der Waals surface area contributed by atoms with Crippen molar-refractivity contribution in [2.24, 2.45) is 11.8 Å². The highest BCUT2D eigenvalue weighted by atomic mass is 16.5. The summed E-state index contributed by atoms with van der Waals surface area (Å²) in [6, 6.07) is 4.08. The monoisotopic (exact) mass is 597 g/mol. The maximum Gasteiger partial charge on any atom is 0.225 e. The van der Waals surface area contributed by atoms with E-state index in [1.165, 1.54) is 0 Å². The van der Waals surface area contributed by atoms with Crippen molar-refractivity contribution in [3.05, 3.63) is 17.7 Å². The van der Waals surface area contributed by atoms with Crippen LogP contribution < -0.4 is 24.4 Å². The summed E-state index contributed by atoms with van der Waals surface area (Å²) in [4.78, 5) is 38.4. The number of piperidine rings is 1. The highest BCUT2D eigenvalue weighted by Gasteiger charge is 2.29. The van der Waals surface area contributed by atoms with Crippen LogP contribution in [0.15, 0.2) is 12.1 Å². The number of nitrogens with zero attached hydrogens (tertiary/aromatic N) is 4. The van der Waals surface area contributed by atoms with Crippen LogP contribution in [0.4, 0.5) is 5.82 Å². The summed E-state index contributed by atoms with van der Waals surface area (Å²) in [6.07, 6.45) is 3.86. The first-order chi connectivity index (χ1) is 20.9. The number of ether oxygens (including phenoxy) is 4. The van der Waals surface area contributed by atoms with Crippen LogP contribution in [-0.4, -0.2) is 107 Å². The number of hydrogen-bond donors (Lipinski definition) is 1. The maximum absolute atomic E-state index is 13.6. The van der Waals surface area contributed by atoms with Gasteiger partial charge in [-0.25, -0.2) is 4.98 Å². The first-order valence-electron chi connectivity index (χ1n) is 15.7. The number of anilines is 1. The quantitative estimate of drug-likeness (QED) is 0.557. The van der Waals surface area contributed by atoms with Crippen molar-refractivity contribution in [2.75, 3.05) is 85.3 Å². The van der Waals surface area contributed by atoms with Crippen molar-refractivity contribution in [3.8, 4) is 17.2 Å². The van der Waals surface area contributed by atoms with Gasteiger partial charge in [-0.2, -0.15) is 0 Å². The molecule has 0 saturated carbocycles. The third-order valence-electron chi connectivity index (χ3n) is 9.10. The number of nitrogens with one attached hydrogen (secondary N) is 1. The average molecular weight is 598 g/mol. The van der Waals surface area contributed by atoms with Gasteiger partial charge in [-0.3, -0.25) is 14.5 Å². The van der Waals surface area contributed by atoms with E-state index in [0.717, 1.165) is 67.6 Å². The van der Waals surface area contributed by atoms with Crippen molar-refractivity contribution < 1.29 is 28.5 Å². The van der Waals surface area contributed by atoms with E-state index < -0.39 is 0 Å². The maximum atomic E-state index is 13.6. The summed E-state index contributed by atoms with van der Waals surface area (Å²) in [6.45, 7) is 8.87. The lowest BCUT2D eigenvalue weighted by atomic mass is 9.97. The van der Waals surface area contributed by atoms with Crippen LogP contribution in [0.3, 0.4) is 0 Å². The minimum Gasteiger partial charge on any atom is -0.493 e. The van der Waals surface area contributed by atoms with Crippen LogP contribution in [0.5, 0.6) is 17.2 Å². The van der Waals surface area contributed by atoms with Gasteiger partial charge in [0.15, 0.2) is 11.5 Å². The number of carbonyl (C=O) groups is 2. The minimum absolute atomic E-state index is 0.00165. The Kier molecular flexibility index (Phi) is 10.5. The number of fused-ring (bicyclic) bond motifs is 5. The molecule has 0 aliphatic carbocycles. The Morgan fingerprint density at radius 1 is 1.02 bits per heavy atom. The van der Waals surface area contributed by atoms with Crippen LogP contribution >= 0.6 is 0 Å². The Labute approximate surface area is 254 Å². The Morgan fingerprint density at radius 2 is 1.81 bits per heavy atom. The zero-order valence-electron chi connectivity index (χ0n) is 26.2. The average Bonchev–Trinajstić information content (AvgIpc) is 3.05. The fourth-order valence-corrected chi connectivity index (χ4v) is 6.61. The lowest BCUT2D eigenvalue weighted by Gasteiger charge is -2.35. The molecule has 1 unspecified atom stereocenters. The molecule has 1 aromatic heterocycles. The van der Waals surface area contributed by atoms with Crippen LogP contribution in [0.1, 0.15) is 44.6 Å². The summed E-state index contributed by atoms with van der Waals surface area (Å²) in [7, 11) is 4.86. The summed E-state index contributed by atoms with van der Waals surface area (Å²) < 4.78 is 22.7. The first-order valence-corrected chi connectivity index (χ1v) is 15.7. The Balaban J connectivity index is 1.53. The summed E-state index contributed by atoms with van der Waals surface area (Å²) in [5.41, 5.74) is 1.87. The first kappa shape index (κ1) is 31.1. The molecule has 1 aromatic carbocycles. The lowest BCUT2D eigenvalue weighted by Crippen LogP contribution is -2.44. The van der Waals surface area contributed by atoms with Gasteiger partial charge < -0.3 is 34.1 Å². The number of hydrogen-bond acceptors (Lipinski definition) is 9. The molecular formula is C32H47N5O6. The zero-order chi connectivity index (χ0) is 30.3. The highest BCUT2D eigenvalue weighted by molar-refractivity contribution is 5.92. The van der Waals surface area contributed by atoms with E-state index in [9.17, 15) is 9.59 Å². The molecule has 0 radical (unpaired) electrons. The summed E-state index contributed by atoms with van der Waals surface area (Å²) in [5.74, 6) is 3.06. The number of likely N-dealkylation sites (N-methyl/N-ethyl adjacent to an activating group) is 1. The molecule has 1 atom stereocenters. The van der Waals surface area contributed by atoms with Gasteiger partial charge in [0, 0.05) is 88.4 Å². The standard InChI is InChI=1S/C32H47N5O6/c1-5-35-13-14-36(32(39)23-9-15-43-16-10-23)12-8-28(38)33-19-22-7-6-11-37(20-22)31-24(21-35)17-25-26(34-31)18-27(40-2)30(42-4)29(25)41-3/h17-18,22-23H,5-16,19-21H2,1-4H3,(H,33,38). The smallest absolute Gasteiger partial charge is 0.225 e. The largest absolute Gasteiger partial charge is 0.493 e. The molecule has 236 valence electrons. The van der Waals surface area contributed by atoms with Gasteiger partial charge in [0.25, 0.3) is 0 Å². The number of methoxy groups -OCH3 is 3. The molecule has 4 heterocycles. The van der Waals surface area contributed by atoms with Gasteiger partial charge in [-0.15, -0.1) is 0 Å². The molecule has 11 heteroatoms. The number of aromatic nitrogens is 1. The number of rotatable bonds is 5. The van der Waals surface area contributed by atoms with Crippen molar-refractivity contribution in [2.45, 2.75) is 45.6 Å². The van der Waals surface area contributed by atoms with Crippen molar-refractivity contribution in [1.82, 2.24) is 20.1 Å². The fraction of sp³-hybridized carbons (Fsp3) is 0.656. The third kappa shape index (κ3) is 7.09. The molecule has 43 heavy (non-hydrogen) atoms. The molecule has 1 N–H and O–H groups in total. The SMILES string of the molecule is CCN1CCN(C(=O)C2CCOCC2)CCC(=O)NCC2CCCN(C2)c2nc3cc(OC)c(OC)c(OC)c3cc2C1. The van der Waals surface area contributed by atoms with Gasteiger partial charge in [0.2, 0.25) is 17.6 Å². The Morgan fingerprint density at radius 3 is 2.53 bits per heavy atom. The van der Waals surface area contributed by atoms with Crippen LogP contribution in [-0.2, 0) is 20.9 Å². The molecule has 2 bridgehead atoms. The van der Waals surface area contributed by atoms with E-state index in [4.69, 9.17) is 23.9 Å². The van der Waals surface area contributed by atoms with E-state index in [1.807, 2.05) is 11.0 Å². The van der Waals surface area contributed by atoms with E-state index in [2.05, 4.69) is 28.1 Å². The number of amides is 2. The number of carbonyl (C=O) groups excluding carboxylic acids is 2. The molecule has 0 spiro atoms. The van der Waals surface area contributed by atoms with Gasteiger partial charge in [-0.1, -0.05) is 6.92 Å². The Bertz CT molecular complexity index is 1280. The molecule has 2 amide bonds. The minimum atomic E-state index is -0.0447. The Hall–Kier alpha value is -3.31. The molecule has 3 aliphatic heterocycles. The van der Waals surface area contributed by atoms with Gasteiger partial charge in [-0.05, 0) is 44.2 Å². The fourth-order valence-electron chi connectivity index (χ4n) is 6.61.